The fourth-order valence-electron chi connectivity index (χ4n) is 4.04. The van der Waals surface area contributed by atoms with Crippen LogP contribution in [0.2, 0.25) is 0 Å². The summed E-state index contributed by atoms with van der Waals surface area (Å²) in [6, 6.07) is 13.4. The average Bonchev–Trinajstić information content (AvgIpc) is 3.22. The molecule has 6 nitrogen and oxygen atoms in total. The summed E-state index contributed by atoms with van der Waals surface area (Å²) in [5.74, 6) is 0.708. The number of carbonyl (C=O) groups excluding carboxylic acids is 2. The molecule has 0 atom stereocenters. The lowest BCUT2D eigenvalue weighted by molar-refractivity contribution is -0.150. The molecule has 1 aliphatic rings. The number of thioether (sulfide) groups is 1. The zero-order chi connectivity index (χ0) is 21.8. The number of rotatable bonds is 6. The highest BCUT2D eigenvalue weighted by molar-refractivity contribution is 7.98. The van der Waals surface area contributed by atoms with Gasteiger partial charge in [0.2, 0.25) is 0 Å². The molecule has 1 aromatic carbocycles. The molecule has 3 aromatic rings. The number of aromatic nitrogens is 2. The van der Waals surface area contributed by atoms with E-state index in [4.69, 9.17) is 4.74 Å². The second-order valence-corrected chi connectivity index (χ2v) is 9.27. The van der Waals surface area contributed by atoms with E-state index in [0.29, 0.717) is 24.3 Å². The number of imidazole rings is 1. The Morgan fingerprint density at radius 3 is 2.61 bits per heavy atom. The van der Waals surface area contributed by atoms with E-state index in [2.05, 4.69) is 17.2 Å². The monoisotopic (exact) mass is 437 g/mol. The first-order valence-electron chi connectivity index (χ1n) is 10.6. The topological polar surface area (TPSA) is 72.7 Å². The molecule has 1 aliphatic carbocycles. The van der Waals surface area contributed by atoms with Crippen LogP contribution < -0.4 is 5.32 Å². The van der Waals surface area contributed by atoms with Crippen molar-refractivity contribution in [1.29, 1.82) is 0 Å². The third-order valence-corrected chi connectivity index (χ3v) is 7.02. The molecular weight excluding hydrogens is 410 g/mol. The minimum Gasteiger partial charge on any atom is -0.467 e. The van der Waals surface area contributed by atoms with Crippen molar-refractivity contribution < 1.29 is 14.3 Å². The van der Waals surface area contributed by atoms with Gasteiger partial charge in [-0.25, -0.2) is 9.78 Å². The van der Waals surface area contributed by atoms with Crippen LogP contribution in [0.4, 0.5) is 0 Å². The Labute approximate surface area is 186 Å². The highest BCUT2D eigenvalue weighted by atomic mass is 32.2. The van der Waals surface area contributed by atoms with Crippen LogP contribution in [0.5, 0.6) is 0 Å². The van der Waals surface area contributed by atoms with Crippen LogP contribution in [0.1, 0.15) is 48.7 Å². The molecule has 4 rings (SSSR count). The summed E-state index contributed by atoms with van der Waals surface area (Å²) in [6.45, 7) is 2.17. The highest BCUT2D eigenvalue weighted by Gasteiger charge is 2.43. The van der Waals surface area contributed by atoms with Crippen molar-refractivity contribution in [3.8, 4) is 0 Å². The summed E-state index contributed by atoms with van der Waals surface area (Å²) in [5.41, 5.74) is 1.56. The van der Waals surface area contributed by atoms with Crippen molar-refractivity contribution in [3.63, 3.8) is 0 Å². The highest BCUT2D eigenvalue weighted by Crippen LogP contribution is 2.33. The summed E-state index contributed by atoms with van der Waals surface area (Å²) in [5, 5.41) is 2.98. The van der Waals surface area contributed by atoms with E-state index < -0.39 is 5.54 Å². The first-order valence-corrected chi connectivity index (χ1v) is 11.5. The van der Waals surface area contributed by atoms with Crippen LogP contribution in [0.25, 0.3) is 5.65 Å². The van der Waals surface area contributed by atoms with Crippen molar-refractivity contribution in [2.75, 3.05) is 7.11 Å². The largest absolute Gasteiger partial charge is 0.467 e. The predicted octanol–water partition coefficient (Wildman–Crippen LogP) is 4.48. The van der Waals surface area contributed by atoms with Gasteiger partial charge in [0.15, 0.2) is 0 Å². The number of nitrogens with zero attached hydrogens (tertiary/aromatic N) is 2. The molecule has 31 heavy (non-hydrogen) atoms. The lowest BCUT2D eigenvalue weighted by Crippen LogP contribution is -2.56. The van der Waals surface area contributed by atoms with Gasteiger partial charge in [0.1, 0.15) is 11.2 Å². The van der Waals surface area contributed by atoms with Gasteiger partial charge in [0, 0.05) is 28.6 Å². The third-order valence-electron chi connectivity index (χ3n) is 5.97. The van der Waals surface area contributed by atoms with Gasteiger partial charge in [-0.2, -0.15) is 0 Å². The Kier molecular flexibility index (Phi) is 6.32. The standard InChI is InChI=1S/C24H27N3O3S/c1-17-10-12-24(13-11-17,23(29)30-2)26-22(28)18-6-8-20(9-7-18)31-16-19-15-27-14-4-3-5-21(27)25-19/h3-9,14-15,17H,10-13,16H2,1-2H3,(H,26,28). The van der Waals surface area contributed by atoms with Gasteiger partial charge >= 0.3 is 5.97 Å². The minimum absolute atomic E-state index is 0.239. The number of fused-ring (bicyclic) bond motifs is 1. The molecule has 2 aromatic heterocycles. The van der Waals surface area contributed by atoms with Crippen molar-refractivity contribution in [1.82, 2.24) is 14.7 Å². The summed E-state index contributed by atoms with van der Waals surface area (Å²) in [7, 11) is 1.38. The maximum atomic E-state index is 12.9. The molecule has 1 N–H and O–H groups in total. The van der Waals surface area contributed by atoms with Gasteiger partial charge in [-0.15, -0.1) is 11.8 Å². The number of nitrogens with one attached hydrogen (secondary N) is 1. The van der Waals surface area contributed by atoms with Gasteiger partial charge in [0.05, 0.1) is 12.8 Å². The van der Waals surface area contributed by atoms with Gasteiger partial charge < -0.3 is 14.5 Å². The molecule has 7 heteroatoms. The zero-order valence-electron chi connectivity index (χ0n) is 17.8. The number of pyridine rings is 1. The SMILES string of the molecule is COC(=O)C1(NC(=O)c2ccc(SCc3cn4ccccc4n3)cc2)CCC(C)CC1. The van der Waals surface area contributed by atoms with Crippen LogP contribution in [-0.4, -0.2) is 33.9 Å². The maximum absolute atomic E-state index is 12.9. The number of ether oxygens (including phenoxy) is 1. The first-order chi connectivity index (χ1) is 15.0. The van der Waals surface area contributed by atoms with Gasteiger partial charge in [-0.05, 0) is 68.0 Å². The van der Waals surface area contributed by atoms with E-state index >= 15 is 0 Å². The molecule has 0 bridgehead atoms. The minimum atomic E-state index is -0.922. The molecular formula is C24H27N3O3S. The Balaban J connectivity index is 1.39. The van der Waals surface area contributed by atoms with Crippen molar-refractivity contribution >= 4 is 29.3 Å². The molecule has 1 amide bonds. The second kappa shape index (κ2) is 9.14. The van der Waals surface area contributed by atoms with Gasteiger partial charge in [-0.3, -0.25) is 4.79 Å². The molecule has 0 spiro atoms. The lowest BCUT2D eigenvalue weighted by Gasteiger charge is -2.37. The van der Waals surface area contributed by atoms with E-state index in [0.717, 1.165) is 34.8 Å². The van der Waals surface area contributed by atoms with Crippen LogP contribution in [0.15, 0.2) is 59.8 Å². The maximum Gasteiger partial charge on any atom is 0.331 e. The number of amides is 1. The van der Waals surface area contributed by atoms with Gasteiger partial charge in [-0.1, -0.05) is 13.0 Å². The van der Waals surface area contributed by atoms with E-state index in [9.17, 15) is 9.59 Å². The fourth-order valence-corrected chi connectivity index (χ4v) is 4.82. The molecule has 0 aliphatic heterocycles. The zero-order valence-corrected chi connectivity index (χ0v) is 18.7. The van der Waals surface area contributed by atoms with Crippen LogP contribution in [0, 0.1) is 5.92 Å². The predicted molar refractivity (Wildman–Crippen MR) is 121 cm³/mol. The molecule has 0 saturated heterocycles. The number of hydrogen-bond acceptors (Lipinski definition) is 5. The Morgan fingerprint density at radius 2 is 1.94 bits per heavy atom. The molecule has 1 fully saturated rings. The molecule has 0 radical (unpaired) electrons. The Morgan fingerprint density at radius 1 is 1.19 bits per heavy atom. The molecule has 1 saturated carbocycles. The summed E-state index contributed by atoms with van der Waals surface area (Å²) in [6.07, 6.45) is 7.03. The first kappa shape index (κ1) is 21.4. The second-order valence-electron chi connectivity index (χ2n) is 8.22. The van der Waals surface area contributed by atoms with E-state index in [-0.39, 0.29) is 11.9 Å². The van der Waals surface area contributed by atoms with Crippen molar-refractivity contribution in [3.05, 3.63) is 66.1 Å². The number of hydrogen-bond donors (Lipinski definition) is 1. The lowest BCUT2D eigenvalue weighted by atomic mass is 9.77. The quantitative estimate of drug-likeness (QED) is 0.455. The van der Waals surface area contributed by atoms with E-state index in [1.54, 1.807) is 23.9 Å². The molecule has 2 heterocycles. The van der Waals surface area contributed by atoms with Gasteiger partial charge in [0.25, 0.3) is 5.91 Å². The smallest absolute Gasteiger partial charge is 0.331 e. The normalized spacial score (nSPS) is 21.0. The summed E-state index contributed by atoms with van der Waals surface area (Å²) in [4.78, 5) is 31.0. The van der Waals surface area contributed by atoms with E-state index in [1.807, 2.05) is 47.1 Å². The molecule has 0 unspecified atom stereocenters. The van der Waals surface area contributed by atoms with E-state index in [1.165, 1.54) is 7.11 Å². The average molecular weight is 438 g/mol. The fraction of sp³-hybridized carbons (Fsp3) is 0.375. The van der Waals surface area contributed by atoms with Crippen LogP contribution in [0.3, 0.4) is 0 Å². The number of esters is 1. The van der Waals surface area contributed by atoms with Crippen LogP contribution >= 0.6 is 11.8 Å². The number of carbonyl (C=O) groups is 2. The Hall–Kier alpha value is -2.80. The molecule has 162 valence electrons. The van der Waals surface area contributed by atoms with Crippen molar-refractivity contribution in [2.45, 2.75) is 48.8 Å². The number of methoxy groups -OCH3 is 1. The summed E-state index contributed by atoms with van der Waals surface area (Å²) < 4.78 is 7.02. The summed E-state index contributed by atoms with van der Waals surface area (Å²) >= 11 is 1.67. The van der Waals surface area contributed by atoms with Crippen LogP contribution in [-0.2, 0) is 15.3 Å². The Bertz CT molecular complexity index is 1040. The van der Waals surface area contributed by atoms with Crippen molar-refractivity contribution in [2.24, 2.45) is 5.92 Å². The third kappa shape index (κ3) is 4.77. The number of benzene rings is 1.